The van der Waals surface area contributed by atoms with Gasteiger partial charge in [-0.05, 0) is 28.0 Å². The van der Waals surface area contributed by atoms with Crippen LogP contribution in [0, 0.1) is 0 Å². The molecule has 3 heteroatoms. The lowest BCUT2D eigenvalue weighted by atomic mass is 10.3. The molecule has 0 atom stereocenters. The van der Waals surface area contributed by atoms with E-state index in [4.69, 9.17) is 0 Å². The van der Waals surface area contributed by atoms with E-state index in [2.05, 4.69) is 34.8 Å². The van der Waals surface area contributed by atoms with Crippen LogP contribution < -0.4 is 20.8 Å². The maximum Gasteiger partial charge on any atom is 0.128 e. The molecule has 24 heavy (non-hydrogen) atoms. The van der Waals surface area contributed by atoms with Crippen molar-refractivity contribution in [3.05, 3.63) is 84.9 Å². The van der Waals surface area contributed by atoms with Crippen molar-refractivity contribution in [1.29, 1.82) is 0 Å². The van der Waals surface area contributed by atoms with Gasteiger partial charge in [-0.1, -0.05) is 72.8 Å². The average Bonchev–Trinajstić information content (AvgIpc) is 2.65. The summed E-state index contributed by atoms with van der Waals surface area (Å²) in [5, 5.41) is 3.09. The lowest BCUT2D eigenvalue weighted by molar-refractivity contribution is 0.571. The molecule has 0 fully saturated rings. The first-order valence-electron chi connectivity index (χ1n) is 7.86. The molecule has 0 aromatic heterocycles. The van der Waals surface area contributed by atoms with Gasteiger partial charge in [-0.25, -0.2) is 4.79 Å². The van der Waals surface area contributed by atoms with Crippen LogP contribution in [0.15, 0.2) is 84.9 Å². The van der Waals surface area contributed by atoms with Crippen LogP contribution in [0.4, 0.5) is 5.69 Å². The fraction of sp³-hybridized carbons (Fsp3) is 0.0952. The van der Waals surface area contributed by atoms with E-state index in [-0.39, 0.29) is 0 Å². The van der Waals surface area contributed by atoms with Gasteiger partial charge in [-0.3, -0.25) is 0 Å². The minimum Gasteiger partial charge on any atom is -0.378 e. The van der Waals surface area contributed by atoms with Crippen LogP contribution in [0.2, 0.25) is 0 Å². The summed E-state index contributed by atoms with van der Waals surface area (Å²) in [5.41, 5.74) is 3.58. The van der Waals surface area contributed by atoms with E-state index < -0.39 is 6.89 Å². The molecule has 3 rings (SSSR count). The first kappa shape index (κ1) is 16.3. The highest BCUT2D eigenvalue weighted by Crippen LogP contribution is 2.42. The average molecular weight is 333 g/mol. The van der Waals surface area contributed by atoms with Crippen molar-refractivity contribution in [2.75, 3.05) is 19.0 Å². The third-order valence-corrected chi connectivity index (χ3v) is 7.67. The van der Waals surface area contributed by atoms with Gasteiger partial charge < -0.3 is 4.90 Å². The minimum atomic E-state index is -2.41. The molecule has 0 heterocycles. The molecule has 0 saturated carbocycles. The second-order valence-electron chi connectivity index (χ2n) is 5.84. The Morgan fingerprint density at radius 3 is 1.46 bits per heavy atom. The van der Waals surface area contributed by atoms with Gasteiger partial charge in [0.25, 0.3) is 0 Å². The first-order chi connectivity index (χ1) is 11.7. The maximum atomic E-state index is 12.4. The van der Waals surface area contributed by atoms with E-state index in [0.29, 0.717) is 0 Å². The summed E-state index contributed by atoms with van der Waals surface area (Å²) in [5.74, 6) is 0. The van der Waals surface area contributed by atoms with Crippen LogP contribution in [0.5, 0.6) is 0 Å². The van der Waals surface area contributed by atoms with Crippen molar-refractivity contribution in [3.8, 4) is 0 Å². The van der Waals surface area contributed by atoms with Crippen LogP contribution in [0.25, 0.3) is 0 Å². The second-order valence-corrected chi connectivity index (χ2v) is 8.92. The Balaban J connectivity index is 2.29. The van der Waals surface area contributed by atoms with Crippen LogP contribution in [0.3, 0.4) is 0 Å². The van der Waals surface area contributed by atoms with Gasteiger partial charge in [0.1, 0.15) is 5.66 Å². The summed E-state index contributed by atoms with van der Waals surface area (Å²) >= 11 is 0. The van der Waals surface area contributed by atoms with Gasteiger partial charge in [0.15, 0.2) is 0 Å². The fourth-order valence-electron chi connectivity index (χ4n) is 2.88. The highest BCUT2D eigenvalue weighted by molar-refractivity contribution is 7.93. The van der Waals surface area contributed by atoms with Gasteiger partial charge >= 0.3 is 0 Å². The van der Waals surface area contributed by atoms with E-state index in [9.17, 15) is 4.79 Å². The Bertz CT molecular complexity index is 837. The second kappa shape index (κ2) is 6.93. The zero-order valence-electron chi connectivity index (χ0n) is 13.9. The van der Waals surface area contributed by atoms with Crippen LogP contribution in [-0.4, -0.2) is 19.8 Å². The smallest absolute Gasteiger partial charge is 0.128 e. The van der Waals surface area contributed by atoms with Crippen LogP contribution in [-0.2, 0) is 4.79 Å². The minimum absolute atomic E-state index is 1.03. The summed E-state index contributed by atoms with van der Waals surface area (Å²) in [7, 11) is 4.02. The number of rotatable bonds is 4. The van der Waals surface area contributed by atoms with Crippen LogP contribution in [0.1, 0.15) is 0 Å². The monoisotopic (exact) mass is 333 g/mol. The summed E-state index contributed by atoms with van der Waals surface area (Å²) in [6.07, 6.45) is 0. The molecule has 0 spiro atoms. The molecule has 0 aliphatic heterocycles. The van der Waals surface area contributed by atoms with Crippen molar-refractivity contribution in [3.63, 3.8) is 0 Å². The van der Waals surface area contributed by atoms with Crippen LogP contribution >= 0.6 is 6.89 Å². The normalized spacial score (nSPS) is 10.9. The summed E-state index contributed by atoms with van der Waals surface area (Å²) in [6.45, 7) is -2.41. The van der Waals surface area contributed by atoms with Gasteiger partial charge in [-0.2, -0.15) is 0 Å². The van der Waals surface area contributed by atoms with Crippen molar-refractivity contribution in [1.82, 2.24) is 0 Å². The molecule has 0 aliphatic carbocycles. The lowest BCUT2D eigenvalue weighted by Gasteiger charge is -2.24. The first-order valence-corrected chi connectivity index (χ1v) is 9.65. The van der Waals surface area contributed by atoms with Gasteiger partial charge in [0, 0.05) is 19.8 Å². The quantitative estimate of drug-likeness (QED) is 0.684. The summed E-state index contributed by atoms with van der Waals surface area (Å²) in [4.78, 5) is 14.4. The Morgan fingerprint density at radius 2 is 1.08 bits per heavy atom. The Labute approximate surface area is 143 Å². The topological polar surface area (TPSA) is 20.3 Å². The Kier molecular flexibility index (Phi) is 4.71. The predicted molar refractivity (Wildman–Crippen MR) is 105 cm³/mol. The molecule has 0 radical (unpaired) electrons. The zero-order valence-corrected chi connectivity index (χ0v) is 14.8. The third kappa shape index (κ3) is 2.83. The fourth-order valence-corrected chi connectivity index (χ4v) is 5.93. The summed E-state index contributed by atoms with van der Waals surface area (Å²) in [6, 6.07) is 28.3. The largest absolute Gasteiger partial charge is 0.378 e. The Morgan fingerprint density at radius 1 is 0.667 bits per heavy atom. The van der Waals surface area contributed by atoms with Crippen molar-refractivity contribution < 1.29 is 4.79 Å². The third-order valence-electron chi connectivity index (χ3n) is 4.18. The number of carbonyl (C=O) groups excluding carboxylic acids is 1. The molecule has 0 N–H and O–H groups in total. The Hall–Kier alpha value is -2.53. The number of nitrogens with zero attached hydrogens (tertiary/aromatic N) is 1. The summed E-state index contributed by atoms with van der Waals surface area (Å²) < 4.78 is 0. The molecular weight excluding hydrogens is 313 g/mol. The van der Waals surface area contributed by atoms with Gasteiger partial charge in [0.05, 0.1) is 6.89 Å². The molecule has 0 unspecified atom stereocenters. The van der Waals surface area contributed by atoms with Gasteiger partial charge in [0.2, 0.25) is 0 Å². The van der Waals surface area contributed by atoms with E-state index in [1.807, 2.05) is 74.8 Å². The number of benzene rings is 3. The molecule has 0 amide bonds. The molecule has 3 aromatic carbocycles. The number of hydrogen-bond donors (Lipinski definition) is 0. The van der Waals surface area contributed by atoms with Crippen molar-refractivity contribution in [2.24, 2.45) is 0 Å². The molecule has 0 bridgehead atoms. The molecule has 0 aliphatic rings. The SMILES string of the molecule is CN(C)c1ccc(P(=C=O)(c2ccccc2)c2ccccc2)cc1. The number of anilines is 1. The number of hydrogen-bond acceptors (Lipinski definition) is 2. The standard InChI is InChI=1S/C21H20NOP/c1-22(2)18-13-15-21(16-14-18)24(17-23,19-9-5-3-6-10-19)20-11-7-4-8-12-20/h3-16H,1-2H3. The molecule has 2 nitrogen and oxygen atoms in total. The molecule has 3 aromatic rings. The van der Waals surface area contributed by atoms with Crippen molar-refractivity contribution in [2.45, 2.75) is 0 Å². The highest BCUT2D eigenvalue weighted by atomic mass is 31.2. The van der Waals surface area contributed by atoms with Gasteiger partial charge in [-0.15, -0.1) is 0 Å². The maximum absolute atomic E-state index is 12.4. The molecule has 0 saturated heterocycles. The molecule has 120 valence electrons. The van der Waals surface area contributed by atoms with E-state index in [1.165, 1.54) is 0 Å². The van der Waals surface area contributed by atoms with E-state index >= 15 is 0 Å². The predicted octanol–water partition coefficient (Wildman–Crippen LogP) is 3.11. The van der Waals surface area contributed by atoms with E-state index in [1.54, 1.807) is 0 Å². The van der Waals surface area contributed by atoms with Crippen molar-refractivity contribution >= 4 is 34.1 Å². The lowest BCUT2D eigenvalue weighted by Crippen LogP contribution is -2.26. The zero-order chi connectivity index (χ0) is 17.0. The highest BCUT2D eigenvalue weighted by Gasteiger charge is 2.26. The van der Waals surface area contributed by atoms with E-state index in [0.717, 1.165) is 21.6 Å². The molecular formula is C21H20NOP.